The van der Waals surface area contributed by atoms with E-state index in [9.17, 15) is 5.11 Å². The first-order valence-corrected chi connectivity index (χ1v) is 8.41. The highest BCUT2D eigenvalue weighted by atomic mass is 16.3. The van der Waals surface area contributed by atoms with E-state index >= 15 is 0 Å². The first-order valence-electron chi connectivity index (χ1n) is 8.41. The van der Waals surface area contributed by atoms with Gasteiger partial charge in [-0.05, 0) is 55.3 Å². The van der Waals surface area contributed by atoms with Gasteiger partial charge in [-0.15, -0.1) is 0 Å². The number of aromatic hydroxyl groups is 1. The highest BCUT2D eigenvalue weighted by Gasteiger charge is 2.12. The van der Waals surface area contributed by atoms with E-state index in [1.165, 1.54) is 0 Å². The third-order valence-corrected chi connectivity index (χ3v) is 4.44. The Labute approximate surface area is 151 Å². The minimum atomic E-state index is 0.254. The topological polar surface area (TPSA) is 58.6 Å². The lowest BCUT2D eigenvalue weighted by Gasteiger charge is -2.06. The van der Waals surface area contributed by atoms with E-state index in [1.807, 2.05) is 74.5 Å². The highest BCUT2D eigenvalue weighted by molar-refractivity contribution is 5.87. The van der Waals surface area contributed by atoms with E-state index in [1.54, 1.807) is 6.21 Å². The zero-order valence-electron chi connectivity index (χ0n) is 14.6. The minimum Gasteiger partial charge on any atom is -0.507 e. The van der Waals surface area contributed by atoms with Crippen LogP contribution in [0.15, 0.2) is 70.1 Å². The van der Waals surface area contributed by atoms with Gasteiger partial charge in [-0.25, -0.2) is 4.98 Å². The zero-order valence-corrected chi connectivity index (χ0v) is 14.6. The van der Waals surface area contributed by atoms with Crippen molar-refractivity contribution in [2.24, 2.45) is 4.99 Å². The summed E-state index contributed by atoms with van der Waals surface area (Å²) >= 11 is 0. The molecule has 4 nitrogen and oxygen atoms in total. The Morgan fingerprint density at radius 2 is 1.77 bits per heavy atom. The Balaban J connectivity index is 1.74. The molecule has 0 fully saturated rings. The second-order valence-corrected chi connectivity index (χ2v) is 6.21. The predicted octanol–water partition coefficient (Wildman–Crippen LogP) is 5.57. The Morgan fingerprint density at radius 3 is 2.62 bits per heavy atom. The summed E-state index contributed by atoms with van der Waals surface area (Å²) in [5.74, 6) is 0.836. The maximum absolute atomic E-state index is 10.1. The van der Waals surface area contributed by atoms with Gasteiger partial charge in [0.05, 0.1) is 5.69 Å². The van der Waals surface area contributed by atoms with Crippen molar-refractivity contribution in [1.29, 1.82) is 0 Å². The number of oxazole rings is 1. The van der Waals surface area contributed by atoms with Gasteiger partial charge >= 0.3 is 0 Å². The molecule has 128 valence electrons. The van der Waals surface area contributed by atoms with E-state index in [0.717, 1.165) is 33.5 Å². The highest BCUT2D eigenvalue weighted by Crippen LogP contribution is 2.32. The summed E-state index contributed by atoms with van der Waals surface area (Å²) in [6.45, 7) is 3.86. The molecule has 0 bridgehead atoms. The van der Waals surface area contributed by atoms with Gasteiger partial charge in [0, 0.05) is 17.3 Å². The molecule has 0 amide bonds. The first-order chi connectivity index (χ1) is 12.6. The number of phenolic OH excluding ortho intramolecular Hbond substituents is 1. The molecule has 3 aromatic carbocycles. The van der Waals surface area contributed by atoms with Crippen molar-refractivity contribution in [2.45, 2.75) is 13.8 Å². The Bertz CT molecular complexity index is 1090. The molecule has 4 heteroatoms. The largest absolute Gasteiger partial charge is 0.507 e. The molecule has 1 heterocycles. The number of phenols is 1. The van der Waals surface area contributed by atoms with E-state index in [2.05, 4.69) is 9.98 Å². The number of benzene rings is 3. The van der Waals surface area contributed by atoms with Crippen LogP contribution in [0.1, 0.15) is 16.7 Å². The molecule has 1 aromatic heterocycles. The summed E-state index contributed by atoms with van der Waals surface area (Å²) in [6, 6.07) is 19.2. The summed E-state index contributed by atoms with van der Waals surface area (Å²) in [5.41, 5.74) is 5.81. The number of para-hydroxylation sites is 3. The van der Waals surface area contributed by atoms with Crippen LogP contribution in [0.25, 0.3) is 22.6 Å². The van der Waals surface area contributed by atoms with E-state index in [0.29, 0.717) is 11.5 Å². The molecule has 0 radical (unpaired) electrons. The maximum atomic E-state index is 10.1. The number of fused-ring (bicyclic) bond motifs is 1. The number of aryl methyl sites for hydroxylation is 1. The molecular weight excluding hydrogens is 324 g/mol. The third kappa shape index (κ3) is 2.86. The van der Waals surface area contributed by atoms with Crippen LogP contribution in [-0.4, -0.2) is 16.3 Å². The molecule has 26 heavy (non-hydrogen) atoms. The van der Waals surface area contributed by atoms with Crippen LogP contribution in [0.5, 0.6) is 5.75 Å². The summed E-state index contributed by atoms with van der Waals surface area (Å²) < 4.78 is 5.88. The molecule has 0 atom stereocenters. The quantitative estimate of drug-likeness (QED) is 0.495. The Morgan fingerprint density at radius 1 is 0.962 bits per heavy atom. The van der Waals surface area contributed by atoms with Crippen LogP contribution in [0.2, 0.25) is 0 Å². The lowest BCUT2D eigenvalue weighted by Crippen LogP contribution is -1.87. The Kier molecular flexibility index (Phi) is 4.01. The average molecular weight is 342 g/mol. The number of hydrogen-bond acceptors (Lipinski definition) is 4. The van der Waals surface area contributed by atoms with Crippen LogP contribution in [0.3, 0.4) is 0 Å². The van der Waals surface area contributed by atoms with Crippen molar-refractivity contribution in [3.05, 3.63) is 77.4 Å². The summed E-state index contributed by atoms with van der Waals surface area (Å²) in [4.78, 5) is 9.13. The lowest BCUT2D eigenvalue weighted by molar-refractivity contribution is 0.470. The van der Waals surface area contributed by atoms with E-state index < -0.39 is 0 Å². The van der Waals surface area contributed by atoms with Crippen molar-refractivity contribution in [3.63, 3.8) is 0 Å². The molecule has 4 aromatic rings. The SMILES string of the molecule is Cc1cccc(C=Nc2cccc(-c3nc4ccccc4o3)c2C)c1O. The standard InChI is InChI=1S/C22H18N2O2/c1-14-7-5-8-16(21(14)25)13-23-18-11-6-9-17(15(18)2)22-24-19-10-3-4-12-20(19)26-22/h3-13,25H,1-2H3. The molecule has 0 spiro atoms. The fraction of sp³-hybridized carbons (Fsp3) is 0.0909. The van der Waals surface area contributed by atoms with Crippen LogP contribution in [-0.2, 0) is 0 Å². The molecule has 1 N–H and O–H groups in total. The van der Waals surface area contributed by atoms with Gasteiger partial charge in [0.1, 0.15) is 11.3 Å². The molecule has 4 rings (SSSR count). The number of nitrogens with zero attached hydrogens (tertiary/aromatic N) is 2. The van der Waals surface area contributed by atoms with Gasteiger partial charge in [0.15, 0.2) is 5.58 Å². The van der Waals surface area contributed by atoms with Gasteiger partial charge in [0.25, 0.3) is 0 Å². The minimum absolute atomic E-state index is 0.254. The van der Waals surface area contributed by atoms with Crippen LogP contribution < -0.4 is 0 Å². The number of rotatable bonds is 3. The first kappa shape index (κ1) is 16.1. The van der Waals surface area contributed by atoms with Crippen molar-refractivity contribution in [2.75, 3.05) is 0 Å². The van der Waals surface area contributed by atoms with Crippen molar-refractivity contribution in [3.8, 4) is 17.2 Å². The van der Waals surface area contributed by atoms with Crippen molar-refractivity contribution in [1.82, 2.24) is 4.98 Å². The van der Waals surface area contributed by atoms with Crippen molar-refractivity contribution >= 4 is 23.0 Å². The van der Waals surface area contributed by atoms with Gasteiger partial charge < -0.3 is 9.52 Å². The van der Waals surface area contributed by atoms with Gasteiger partial charge in [-0.2, -0.15) is 0 Å². The van der Waals surface area contributed by atoms with E-state index in [-0.39, 0.29) is 5.75 Å². The monoisotopic (exact) mass is 342 g/mol. The second kappa shape index (κ2) is 6.48. The summed E-state index contributed by atoms with van der Waals surface area (Å²) in [5, 5.41) is 10.1. The van der Waals surface area contributed by atoms with Crippen LogP contribution >= 0.6 is 0 Å². The molecule has 0 aliphatic carbocycles. The maximum Gasteiger partial charge on any atom is 0.227 e. The van der Waals surface area contributed by atoms with Crippen molar-refractivity contribution < 1.29 is 9.52 Å². The number of aromatic nitrogens is 1. The van der Waals surface area contributed by atoms with Crippen LogP contribution in [0.4, 0.5) is 5.69 Å². The average Bonchev–Trinajstić information content (AvgIpc) is 3.08. The fourth-order valence-corrected chi connectivity index (χ4v) is 2.91. The molecule has 0 aliphatic rings. The molecule has 0 saturated carbocycles. The molecule has 0 aliphatic heterocycles. The van der Waals surface area contributed by atoms with Gasteiger partial charge in [-0.3, -0.25) is 4.99 Å². The normalized spacial score (nSPS) is 11.5. The molecular formula is C22H18N2O2. The second-order valence-electron chi connectivity index (χ2n) is 6.21. The number of aliphatic imine (C=N–C) groups is 1. The molecule has 0 unspecified atom stereocenters. The Hall–Kier alpha value is -3.40. The molecule has 0 saturated heterocycles. The lowest BCUT2D eigenvalue weighted by atomic mass is 10.1. The van der Waals surface area contributed by atoms with E-state index in [4.69, 9.17) is 4.42 Å². The summed E-state index contributed by atoms with van der Waals surface area (Å²) in [7, 11) is 0. The predicted molar refractivity (Wildman–Crippen MR) is 104 cm³/mol. The summed E-state index contributed by atoms with van der Waals surface area (Å²) in [6.07, 6.45) is 1.68. The smallest absolute Gasteiger partial charge is 0.227 e. The van der Waals surface area contributed by atoms with Crippen LogP contribution in [0, 0.1) is 13.8 Å². The zero-order chi connectivity index (χ0) is 18.1. The van der Waals surface area contributed by atoms with Gasteiger partial charge in [-0.1, -0.05) is 30.3 Å². The van der Waals surface area contributed by atoms with Gasteiger partial charge in [0.2, 0.25) is 5.89 Å². The third-order valence-electron chi connectivity index (χ3n) is 4.44. The fourth-order valence-electron chi connectivity index (χ4n) is 2.91. The number of hydrogen-bond donors (Lipinski definition) is 1.